The number of methoxy groups -OCH3 is 3. The van der Waals surface area contributed by atoms with Crippen LogP contribution in [0.1, 0.15) is 18.4 Å². The average Bonchev–Trinajstić information content (AvgIpc) is 3.20. The topological polar surface area (TPSA) is 91.4 Å². The Hall–Kier alpha value is -2.87. The molecular formula is C21H25NO7. The molecule has 0 N–H and O–H groups in total. The minimum atomic E-state index is -1.36. The first kappa shape index (κ1) is 20.9. The predicted octanol–water partition coefficient (Wildman–Crippen LogP) is 1.47. The van der Waals surface area contributed by atoms with Gasteiger partial charge in [0.05, 0.1) is 39.8 Å². The Morgan fingerprint density at radius 1 is 1.24 bits per heavy atom. The third-order valence-corrected chi connectivity index (χ3v) is 5.63. The van der Waals surface area contributed by atoms with Gasteiger partial charge in [0, 0.05) is 6.54 Å². The zero-order chi connectivity index (χ0) is 21.2. The van der Waals surface area contributed by atoms with Crippen molar-refractivity contribution < 1.29 is 33.3 Å². The summed E-state index contributed by atoms with van der Waals surface area (Å²) in [5, 5.41) is 0. The minimum Gasteiger partial charge on any atom is -0.497 e. The Kier molecular flexibility index (Phi) is 5.93. The van der Waals surface area contributed by atoms with Crippen LogP contribution in [-0.2, 0) is 35.1 Å². The lowest BCUT2D eigenvalue weighted by molar-refractivity contribution is -0.164. The number of nitrogens with zero attached hydrogens (tertiary/aromatic N) is 1. The molecule has 4 atom stereocenters. The number of fused-ring (bicyclic) bond motifs is 1. The summed E-state index contributed by atoms with van der Waals surface area (Å²) in [7, 11) is 4.07. The summed E-state index contributed by atoms with van der Waals surface area (Å²) in [6.07, 6.45) is 1.24. The fourth-order valence-corrected chi connectivity index (χ4v) is 4.24. The van der Waals surface area contributed by atoms with Crippen molar-refractivity contribution in [3.05, 3.63) is 42.5 Å². The number of hydrogen-bond acceptors (Lipinski definition) is 7. The van der Waals surface area contributed by atoms with Crippen molar-refractivity contribution in [1.29, 1.82) is 0 Å². The monoisotopic (exact) mass is 403 g/mol. The summed E-state index contributed by atoms with van der Waals surface area (Å²) >= 11 is 0. The Morgan fingerprint density at radius 2 is 1.93 bits per heavy atom. The van der Waals surface area contributed by atoms with Crippen LogP contribution in [-0.4, -0.2) is 61.8 Å². The molecule has 1 amide bonds. The largest absolute Gasteiger partial charge is 0.497 e. The van der Waals surface area contributed by atoms with Crippen LogP contribution in [0.2, 0.25) is 0 Å². The summed E-state index contributed by atoms with van der Waals surface area (Å²) in [5.41, 5.74) is -0.552. The third kappa shape index (κ3) is 3.60. The lowest BCUT2D eigenvalue weighted by Crippen LogP contribution is -2.53. The molecule has 29 heavy (non-hydrogen) atoms. The van der Waals surface area contributed by atoms with E-state index < -0.39 is 35.6 Å². The first-order valence-electron chi connectivity index (χ1n) is 9.28. The summed E-state index contributed by atoms with van der Waals surface area (Å²) < 4.78 is 21.1. The van der Waals surface area contributed by atoms with Crippen molar-refractivity contribution in [2.24, 2.45) is 5.92 Å². The van der Waals surface area contributed by atoms with Gasteiger partial charge < -0.3 is 23.8 Å². The number of ether oxygens (including phenoxy) is 4. The molecule has 0 bridgehead atoms. The van der Waals surface area contributed by atoms with Gasteiger partial charge in [0.15, 0.2) is 6.04 Å². The number of esters is 2. The van der Waals surface area contributed by atoms with Crippen LogP contribution in [0.4, 0.5) is 0 Å². The number of likely N-dealkylation sites (tertiary alicyclic amines) is 1. The highest BCUT2D eigenvalue weighted by molar-refractivity contribution is 5.94. The van der Waals surface area contributed by atoms with Crippen molar-refractivity contribution in [2.45, 2.75) is 37.1 Å². The molecule has 8 nitrogen and oxygen atoms in total. The fraction of sp³-hybridized carbons (Fsp3) is 0.476. The second-order valence-electron chi connectivity index (χ2n) is 7.13. The highest BCUT2D eigenvalue weighted by Gasteiger charge is 2.68. The molecule has 0 radical (unpaired) electrons. The van der Waals surface area contributed by atoms with E-state index in [0.29, 0.717) is 12.2 Å². The van der Waals surface area contributed by atoms with E-state index in [0.717, 1.165) is 5.56 Å². The van der Waals surface area contributed by atoms with Crippen LogP contribution in [0.5, 0.6) is 5.75 Å². The van der Waals surface area contributed by atoms with E-state index in [9.17, 15) is 14.4 Å². The molecule has 0 unspecified atom stereocenters. The summed E-state index contributed by atoms with van der Waals surface area (Å²) in [6.45, 7) is 3.90. The number of benzene rings is 1. The van der Waals surface area contributed by atoms with Crippen molar-refractivity contribution in [2.75, 3.05) is 21.3 Å². The van der Waals surface area contributed by atoms with E-state index in [1.54, 1.807) is 25.3 Å². The Bertz CT molecular complexity index is 806. The van der Waals surface area contributed by atoms with Crippen LogP contribution >= 0.6 is 0 Å². The lowest BCUT2D eigenvalue weighted by atomic mass is 9.82. The molecule has 2 saturated heterocycles. The summed E-state index contributed by atoms with van der Waals surface area (Å²) in [6, 6.07) is 6.11. The number of carbonyl (C=O) groups is 3. The lowest BCUT2D eigenvalue weighted by Gasteiger charge is -2.34. The van der Waals surface area contributed by atoms with E-state index in [1.165, 1.54) is 19.1 Å². The molecule has 1 aromatic rings. The van der Waals surface area contributed by atoms with E-state index in [2.05, 4.69) is 6.58 Å². The number of rotatable bonds is 7. The molecule has 156 valence electrons. The summed E-state index contributed by atoms with van der Waals surface area (Å²) in [4.78, 5) is 39.7. The fourth-order valence-electron chi connectivity index (χ4n) is 4.24. The highest BCUT2D eigenvalue weighted by Crippen LogP contribution is 2.50. The van der Waals surface area contributed by atoms with Gasteiger partial charge in [-0.25, -0.2) is 4.79 Å². The molecule has 2 heterocycles. The van der Waals surface area contributed by atoms with Gasteiger partial charge in [-0.2, -0.15) is 0 Å². The van der Waals surface area contributed by atoms with E-state index >= 15 is 0 Å². The normalized spacial score (nSPS) is 28.0. The van der Waals surface area contributed by atoms with Gasteiger partial charge >= 0.3 is 11.9 Å². The standard InChI is InChI=1S/C21H25NO7/c1-5-14-10-16-19(24)22(12-13-6-8-15(26-2)9-7-13)18(20(25)28-4)21(16,29-14)11-17(23)27-3/h5-9,14,16,18H,1,10-12H2,2-4H3/t14-,16+,18-,21+/m0/s1. The molecule has 2 aliphatic rings. The average molecular weight is 403 g/mol. The number of carbonyl (C=O) groups excluding carboxylic acids is 3. The van der Waals surface area contributed by atoms with Gasteiger partial charge in [0.25, 0.3) is 0 Å². The van der Waals surface area contributed by atoms with Gasteiger partial charge in [-0.15, -0.1) is 6.58 Å². The van der Waals surface area contributed by atoms with Gasteiger partial charge in [-0.05, 0) is 24.1 Å². The van der Waals surface area contributed by atoms with Crippen LogP contribution < -0.4 is 4.74 Å². The maximum Gasteiger partial charge on any atom is 0.331 e. The van der Waals surface area contributed by atoms with Gasteiger partial charge in [-0.3, -0.25) is 9.59 Å². The molecule has 8 heteroatoms. The first-order valence-corrected chi connectivity index (χ1v) is 9.28. The highest BCUT2D eigenvalue weighted by atomic mass is 16.6. The Labute approximate surface area is 169 Å². The third-order valence-electron chi connectivity index (χ3n) is 5.63. The van der Waals surface area contributed by atoms with Crippen LogP contribution in [0, 0.1) is 5.92 Å². The van der Waals surface area contributed by atoms with E-state index in [-0.39, 0.29) is 18.9 Å². The summed E-state index contributed by atoms with van der Waals surface area (Å²) in [5.74, 6) is -1.45. The molecule has 0 aliphatic carbocycles. The van der Waals surface area contributed by atoms with Crippen molar-refractivity contribution >= 4 is 17.8 Å². The smallest absolute Gasteiger partial charge is 0.331 e. The molecular weight excluding hydrogens is 378 g/mol. The first-order chi connectivity index (χ1) is 13.9. The second-order valence-corrected chi connectivity index (χ2v) is 7.13. The van der Waals surface area contributed by atoms with E-state index in [1.807, 2.05) is 12.1 Å². The van der Waals surface area contributed by atoms with Gasteiger partial charge in [-0.1, -0.05) is 18.2 Å². The molecule has 0 aromatic heterocycles. The zero-order valence-corrected chi connectivity index (χ0v) is 16.8. The molecule has 3 rings (SSSR count). The Morgan fingerprint density at radius 3 is 2.48 bits per heavy atom. The van der Waals surface area contributed by atoms with Gasteiger partial charge in [0.2, 0.25) is 5.91 Å². The van der Waals surface area contributed by atoms with Crippen LogP contribution in [0.3, 0.4) is 0 Å². The number of hydrogen-bond donors (Lipinski definition) is 0. The van der Waals surface area contributed by atoms with Crippen LogP contribution in [0.15, 0.2) is 36.9 Å². The number of amides is 1. The minimum absolute atomic E-state index is 0.171. The molecule has 0 spiro atoms. The van der Waals surface area contributed by atoms with Crippen molar-refractivity contribution in [3.8, 4) is 5.75 Å². The van der Waals surface area contributed by atoms with Crippen LogP contribution in [0.25, 0.3) is 0 Å². The van der Waals surface area contributed by atoms with Gasteiger partial charge in [0.1, 0.15) is 11.4 Å². The molecule has 2 fully saturated rings. The second kappa shape index (κ2) is 8.24. The molecule has 1 aromatic carbocycles. The molecule has 2 aliphatic heterocycles. The SMILES string of the molecule is C=C[C@H]1C[C@@H]2C(=O)N(Cc3ccc(OC)cc3)[C@@H](C(=O)OC)[C@]2(CC(=O)OC)O1. The molecule has 0 saturated carbocycles. The van der Waals surface area contributed by atoms with Crippen molar-refractivity contribution in [3.63, 3.8) is 0 Å². The quantitative estimate of drug-likeness (QED) is 0.503. The maximum atomic E-state index is 13.3. The zero-order valence-electron chi connectivity index (χ0n) is 16.8. The Balaban J connectivity index is 2.00. The van der Waals surface area contributed by atoms with E-state index in [4.69, 9.17) is 18.9 Å². The predicted molar refractivity (Wildman–Crippen MR) is 102 cm³/mol. The van der Waals surface area contributed by atoms with Crippen molar-refractivity contribution in [1.82, 2.24) is 4.90 Å². The maximum absolute atomic E-state index is 13.3.